The van der Waals surface area contributed by atoms with Gasteiger partial charge in [0.05, 0.1) is 11.6 Å². The van der Waals surface area contributed by atoms with Crippen molar-refractivity contribution >= 4 is 0 Å². The summed E-state index contributed by atoms with van der Waals surface area (Å²) in [5.41, 5.74) is 1.57. The van der Waals surface area contributed by atoms with Crippen molar-refractivity contribution in [2.75, 3.05) is 0 Å². The van der Waals surface area contributed by atoms with E-state index in [0.29, 0.717) is 17.9 Å². The average Bonchev–Trinajstić information content (AvgIpc) is 3.10. The summed E-state index contributed by atoms with van der Waals surface area (Å²) in [5, 5.41) is 9.76. The van der Waals surface area contributed by atoms with Crippen LogP contribution in [0.3, 0.4) is 0 Å². The van der Waals surface area contributed by atoms with E-state index >= 15 is 0 Å². The summed E-state index contributed by atoms with van der Waals surface area (Å²) in [6.45, 7) is 2.31. The van der Waals surface area contributed by atoms with Gasteiger partial charge in [-0.25, -0.2) is 4.98 Å². The molecule has 0 spiro atoms. The highest BCUT2D eigenvalue weighted by atomic mass is 19.4. The third-order valence-electron chi connectivity index (χ3n) is 3.87. The highest BCUT2D eigenvalue weighted by Gasteiger charge is 2.31. The maximum atomic E-state index is 13.0. The van der Waals surface area contributed by atoms with Crippen molar-refractivity contribution in [2.24, 2.45) is 0 Å². The zero-order valence-electron chi connectivity index (χ0n) is 13.4. The van der Waals surface area contributed by atoms with Crippen LogP contribution >= 0.6 is 0 Å². The van der Waals surface area contributed by atoms with Crippen molar-refractivity contribution in [2.45, 2.75) is 25.7 Å². The molecule has 8 heteroatoms. The number of halogens is 3. The van der Waals surface area contributed by atoms with Gasteiger partial charge in [-0.2, -0.15) is 18.3 Å². The van der Waals surface area contributed by atoms with Gasteiger partial charge in [0.2, 0.25) is 0 Å². The second-order valence-electron chi connectivity index (χ2n) is 5.56. The van der Waals surface area contributed by atoms with E-state index in [0.717, 1.165) is 23.4 Å². The van der Waals surface area contributed by atoms with E-state index in [1.165, 1.54) is 12.4 Å². The largest absolute Gasteiger partial charge is 0.416 e. The van der Waals surface area contributed by atoms with Gasteiger partial charge in [-0.3, -0.25) is 15.4 Å². The number of alkyl halides is 3. The Morgan fingerprint density at radius 3 is 2.68 bits per heavy atom. The van der Waals surface area contributed by atoms with Crippen molar-refractivity contribution in [1.29, 1.82) is 0 Å². The number of aromatic nitrogens is 4. The molecule has 1 atom stereocenters. The number of hydrogen-bond acceptors (Lipinski definition) is 4. The third-order valence-corrected chi connectivity index (χ3v) is 3.87. The number of rotatable bonds is 5. The molecule has 3 rings (SSSR count). The molecule has 1 aromatic carbocycles. The summed E-state index contributed by atoms with van der Waals surface area (Å²) >= 11 is 0. The van der Waals surface area contributed by atoms with Gasteiger partial charge in [0, 0.05) is 18.4 Å². The second kappa shape index (κ2) is 7.02. The van der Waals surface area contributed by atoms with Gasteiger partial charge in [0.15, 0.2) is 0 Å². The van der Waals surface area contributed by atoms with Crippen molar-refractivity contribution in [3.63, 3.8) is 0 Å². The molecule has 0 aliphatic carbocycles. The first-order valence-corrected chi connectivity index (χ1v) is 7.61. The molecule has 0 fully saturated rings. The number of H-pyrrole nitrogens is 1. The average molecular weight is 347 g/mol. The molecule has 25 heavy (non-hydrogen) atoms. The molecule has 0 radical (unpaired) electrons. The summed E-state index contributed by atoms with van der Waals surface area (Å²) < 4.78 is 39.0. The van der Waals surface area contributed by atoms with Gasteiger partial charge in [-0.05, 0) is 36.2 Å². The molecular formula is C17H16F3N5. The zero-order valence-corrected chi connectivity index (χ0v) is 13.4. The Labute approximate surface area is 142 Å². The summed E-state index contributed by atoms with van der Waals surface area (Å²) in [6, 6.07) is 8.37. The number of nitrogens with one attached hydrogen (secondary N) is 2. The van der Waals surface area contributed by atoms with Crippen molar-refractivity contribution < 1.29 is 13.2 Å². The minimum Gasteiger partial charge on any atom is -0.299 e. The maximum absolute atomic E-state index is 13.0. The van der Waals surface area contributed by atoms with Crippen LogP contribution in [0.15, 0.2) is 48.9 Å². The van der Waals surface area contributed by atoms with E-state index in [-0.39, 0.29) is 0 Å². The molecule has 2 N–H and O–H groups in total. The number of aryl methyl sites for hydroxylation is 1. The van der Waals surface area contributed by atoms with Gasteiger partial charge in [-0.1, -0.05) is 18.2 Å². The first-order valence-electron chi connectivity index (χ1n) is 7.61. The predicted molar refractivity (Wildman–Crippen MR) is 85.5 cm³/mol. The predicted octanol–water partition coefficient (Wildman–Crippen LogP) is 3.41. The van der Waals surface area contributed by atoms with E-state index in [1.807, 2.05) is 19.1 Å². The Balaban J connectivity index is 1.90. The fraction of sp³-hybridized carbons (Fsp3) is 0.235. The van der Waals surface area contributed by atoms with E-state index in [4.69, 9.17) is 0 Å². The first kappa shape index (κ1) is 17.1. The number of aromatic amines is 1. The highest BCUT2D eigenvalue weighted by Crippen LogP contribution is 2.31. The number of hydrogen-bond donors (Lipinski definition) is 2. The first-order chi connectivity index (χ1) is 11.9. The van der Waals surface area contributed by atoms with Gasteiger partial charge in [0.1, 0.15) is 12.2 Å². The molecule has 2 heterocycles. The standard InChI is InChI=1S/C17H16F3N5/c1-11-13(5-3-7-21-11)9-22-15(16-23-10-24-25-16)12-4-2-6-14(8-12)17(18,19)20/h2-8,10,15,22H,9H2,1H3,(H,23,24,25). The molecule has 0 amide bonds. The van der Waals surface area contributed by atoms with E-state index < -0.39 is 17.8 Å². The molecule has 1 unspecified atom stereocenters. The lowest BCUT2D eigenvalue weighted by Crippen LogP contribution is -2.24. The fourth-order valence-electron chi connectivity index (χ4n) is 2.54. The van der Waals surface area contributed by atoms with Crippen LogP contribution in [-0.4, -0.2) is 20.2 Å². The topological polar surface area (TPSA) is 66.5 Å². The Morgan fingerprint density at radius 2 is 2.00 bits per heavy atom. The monoisotopic (exact) mass is 347 g/mol. The lowest BCUT2D eigenvalue weighted by molar-refractivity contribution is -0.137. The lowest BCUT2D eigenvalue weighted by Gasteiger charge is -2.19. The lowest BCUT2D eigenvalue weighted by atomic mass is 10.0. The van der Waals surface area contributed by atoms with Gasteiger partial charge in [-0.15, -0.1) is 0 Å². The maximum Gasteiger partial charge on any atom is 0.416 e. The molecule has 2 aromatic heterocycles. The Kier molecular flexibility index (Phi) is 4.80. The van der Waals surface area contributed by atoms with Crippen LogP contribution in [0.1, 0.15) is 34.3 Å². The SMILES string of the molecule is Cc1ncccc1CNC(c1cccc(C(F)(F)F)c1)c1ncn[nH]1. The van der Waals surface area contributed by atoms with E-state index in [9.17, 15) is 13.2 Å². The molecule has 0 aliphatic rings. The fourth-order valence-corrected chi connectivity index (χ4v) is 2.54. The molecule has 3 aromatic rings. The molecule has 0 saturated carbocycles. The molecule has 5 nitrogen and oxygen atoms in total. The van der Waals surface area contributed by atoms with Gasteiger partial charge >= 0.3 is 6.18 Å². The number of benzene rings is 1. The normalized spacial score (nSPS) is 13.0. The van der Waals surface area contributed by atoms with Crippen LogP contribution in [0.2, 0.25) is 0 Å². The van der Waals surface area contributed by atoms with Crippen LogP contribution in [0, 0.1) is 6.92 Å². The van der Waals surface area contributed by atoms with Gasteiger partial charge in [0.25, 0.3) is 0 Å². The molecule has 0 saturated heterocycles. The molecule has 0 aliphatic heterocycles. The Bertz CT molecular complexity index is 830. The third kappa shape index (κ3) is 4.03. The van der Waals surface area contributed by atoms with Crippen molar-refractivity contribution in [3.8, 4) is 0 Å². The van der Waals surface area contributed by atoms with Gasteiger partial charge < -0.3 is 0 Å². The number of pyridine rings is 1. The van der Waals surface area contributed by atoms with Crippen LogP contribution in [0.25, 0.3) is 0 Å². The highest BCUT2D eigenvalue weighted by molar-refractivity contribution is 5.31. The number of nitrogens with zero attached hydrogens (tertiary/aromatic N) is 3. The summed E-state index contributed by atoms with van der Waals surface area (Å²) in [6.07, 6.45) is -1.38. The Hall–Kier alpha value is -2.74. The van der Waals surface area contributed by atoms with E-state index in [2.05, 4.69) is 25.5 Å². The van der Waals surface area contributed by atoms with Crippen LogP contribution in [0.4, 0.5) is 13.2 Å². The molecular weight excluding hydrogens is 331 g/mol. The van der Waals surface area contributed by atoms with Crippen LogP contribution in [-0.2, 0) is 12.7 Å². The molecule has 130 valence electrons. The van der Waals surface area contributed by atoms with Crippen molar-refractivity contribution in [3.05, 3.63) is 77.1 Å². The zero-order chi connectivity index (χ0) is 17.9. The van der Waals surface area contributed by atoms with Crippen LogP contribution < -0.4 is 5.32 Å². The summed E-state index contributed by atoms with van der Waals surface area (Å²) in [5.74, 6) is 0.445. The second-order valence-corrected chi connectivity index (χ2v) is 5.56. The minimum absolute atomic E-state index is 0.432. The Morgan fingerprint density at radius 1 is 1.16 bits per heavy atom. The smallest absolute Gasteiger partial charge is 0.299 e. The molecule has 0 bridgehead atoms. The summed E-state index contributed by atoms with van der Waals surface area (Å²) in [7, 11) is 0. The quantitative estimate of drug-likeness (QED) is 0.742. The van der Waals surface area contributed by atoms with E-state index in [1.54, 1.807) is 12.3 Å². The summed E-state index contributed by atoms with van der Waals surface area (Å²) in [4.78, 5) is 8.31. The minimum atomic E-state index is -4.40. The van der Waals surface area contributed by atoms with Crippen LogP contribution in [0.5, 0.6) is 0 Å². The van der Waals surface area contributed by atoms with Crippen molar-refractivity contribution in [1.82, 2.24) is 25.5 Å².